The number of fused-ring (bicyclic) bond motifs is 1. The van der Waals surface area contributed by atoms with Gasteiger partial charge in [-0.2, -0.15) is 0 Å². The van der Waals surface area contributed by atoms with Crippen molar-refractivity contribution in [1.82, 2.24) is 4.90 Å². The number of amides is 1. The van der Waals surface area contributed by atoms with Crippen LogP contribution in [0.1, 0.15) is 0 Å². The number of rotatable bonds is 0. The lowest BCUT2D eigenvalue weighted by Crippen LogP contribution is -2.33. The Labute approximate surface area is 69.0 Å². The minimum Gasteiger partial charge on any atom is -0.237 e. The number of nitroso groups, excluding NO2 is 1. The number of hydrogen-bond donors (Lipinski definition) is 0. The Morgan fingerprint density at radius 3 is 3.17 bits per heavy atom. The van der Waals surface area contributed by atoms with Crippen molar-refractivity contribution >= 4 is 5.91 Å². The van der Waals surface area contributed by atoms with Gasteiger partial charge in [0.1, 0.15) is 6.54 Å². The van der Waals surface area contributed by atoms with Crippen molar-refractivity contribution in [3.8, 4) is 0 Å². The maximum absolute atomic E-state index is 11.1. The number of carbonyl (C=O) groups is 1. The van der Waals surface area contributed by atoms with Crippen LogP contribution in [-0.4, -0.2) is 22.1 Å². The van der Waals surface area contributed by atoms with Gasteiger partial charge in [-0.25, -0.2) is 9.69 Å². The first-order chi connectivity index (χ1) is 5.79. The van der Waals surface area contributed by atoms with Gasteiger partial charge in [-0.15, -0.1) is 0 Å². The van der Waals surface area contributed by atoms with E-state index < -0.39 is 5.91 Å². The van der Waals surface area contributed by atoms with Crippen LogP contribution in [0.5, 0.6) is 0 Å². The molecule has 0 saturated carbocycles. The zero-order valence-corrected chi connectivity index (χ0v) is 6.30. The predicted octanol–water partition coefficient (Wildman–Crippen LogP) is 0.532. The summed E-state index contributed by atoms with van der Waals surface area (Å²) in [4.78, 5) is 23.7. The lowest BCUT2D eigenvalue weighted by Gasteiger charge is -2.15. The molecule has 0 saturated heterocycles. The molecular weight excluding hydrogens is 156 g/mol. The lowest BCUT2D eigenvalue weighted by atomic mass is 10.3. The summed E-state index contributed by atoms with van der Waals surface area (Å²) in [6.07, 6.45) is 8.19. The van der Waals surface area contributed by atoms with E-state index in [0.29, 0.717) is 17.1 Å². The van der Waals surface area contributed by atoms with Crippen molar-refractivity contribution in [1.29, 1.82) is 0 Å². The van der Waals surface area contributed by atoms with Crippen LogP contribution in [0.15, 0.2) is 36.3 Å². The van der Waals surface area contributed by atoms with Gasteiger partial charge in [0.25, 0.3) is 0 Å². The van der Waals surface area contributed by atoms with Crippen LogP contribution in [-0.2, 0) is 4.79 Å². The van der Waals surface area contributed by atoms with Gasteiger partial charge in [-0.3, -0.25) is 0 Å². The first-order valence-electron chi connectivity index (χ1n) is 3.62. The molecule has 0 radical (unpaired) electrons. The zero-order chi connectivity index (χ0) is 8.55. The minimum absolute atomic E-state index is 0.392. The van der Waals surface area contributed by atoms with E-state index in [1.54, 1.807) is 23.3 Å². The summed E-state index contributed by atoms with van der Waals surface area (Å²) in [5, 5.41) is 0. The highest BCUT2D eigenvalue weighted by atomic mass is 16.3. The highest BCUT2D eigenvalue weighted by molar-refractivity contribution is 5.81. The van der Waals surface area contributed by atoms with E-state index in [0.717, 1.165) is 0 Å². The largest absolute Gasteiger partial charge is 0.382 e. The summed E-state index contributed by atoms with van der Waals surface area (Å²) in [7, 11) is 0. The van der Waals surface area contributed by atoms with Crippen LogP contribution in [0.2, 0.25) is 0 Å². The second-order valence-electron chi connectivity index (χ2n) is 2.55. The minimum atomic E-state index is -0.521. The molecule has 1 amide bonds. The molecule has 4 heteroatoms. The van der Waals surface area contributed by atoms with E-state index in [1.807, 2.05) is 6.08 Å². The number of allylic oxidation sites excluding steroid dienone is 2. The quantitative estimate of drug-likeness (QED) is 0.489. The van der Waals surface area contributed by atoms with E-state index in [9.17, 15) is 9.70 Å². The molecule has 2 aliphatic rings. The van der Waals surface area contributed by atoms with Crippen molar-refractivity contribution < 1.29 is 9.55 Å². The smallest absolute Gasteiger partial charge is 0.237 e. The Balaban J connectivity index is 2.45. The molecule has 0 bridgehead atoms. The van der Waals surface area contributed by atoms with Crippen LogP contribution < -0.4 is 0 Å². The fraction of sp³-hybridized carbons (Fsp3) is 0.125. The van der Waals surface area contributed by atoms with Crippen LogP contribution >= 0.6 is 0 Å². The van der Waals surface area contributed by atoms with Crippen molar-refractivity contribution in [2.24, 2.45) is 0 Å². The van der Waals surface area contributed by atoms with Crippen molar-refractivity contribution in [3.05, 3.63) is 41.2 Å². The SMILES string of the molecule is O=C1C=CN2CC=CC=C2[N+]1=O. The molecule has 2 heterocycles. The van der Waals surface area contributed by atoms with Crippen LogP contribution in [0.25, 0.3) is 0 Å². The average Bonchev–Trinajstić information content (AvgIpc) is 2.12. The first kappa shape index (κ1) is 6.97. The average molecular weight is 163 g/mol. The molecule has 0 N–H and O–H groups in total. The monoisotopic (exact) mass is 163 g/mol. The van der Waals surface area contributed by atoms with Gasteiger partial charge in [-0.1, -0.05) is 11.0 Å². The molecule has 4 nitrogen and oxygen atoms in total. The predicted molar refractivity (Wildman–Crippen MR) is 41.7 cm³/mol. The fourth-order valence-electron chi connectivity index (χ4n) is 1.17. The molecule has 0 aromatic carbocycles. The van der Waals surface area contributed by atoms with Crippen LogP contribution in [0, 0.1) is 4.91 Å². The molecule has 0 aromatic heterocycles. The summed E-state index contributed by atoms with van der Waals surface area (Å²) in [6.45, 7) is 0.647. The van der Waals surface area contributed by atoms with E-state index in [4.69, 9.17) is 0 Å². The van der Waals surface area contributed by atoms with Gasteiger partial charge < -0.3 is 0 Å². The molecule has 2 aliphatic heterocycles. The molecule has 0 fully saturated rings. The molecule has 0 aliphatic carbocycles. The third kappa shape index (κ3) is 0.887. The molecule has 0 aromatic rings. The Morgan fingerprint density at radius 1 is 1.50 bits per heavy atom. The van der Waals surface area contributed by atoms with E-state index in [-0.39, 0.29) is 0 Å². The summed E-state index contributed by atoms with van der Waals surface area (Å²) in [5.41, 5.74) is 0. The Bertz CT molecular complexity index is 339. The first-order valence-corrected chi connectivity index (χ1v) is 3.62. The van der Waals surface area contributed by atoms with Gasteiger partial charge in [0.2, 0.25) is 0 Å². The maximum atomic E-state index is 11.1. The van der Waals surface area contributed by atoms with Crippen LogP contribution in [0.4, 0.5) is 0 Å². The van der Waals surface area contributed by atoms with Gasteiger partial charge in [0, 0.05) is 6.08 Å². The summed E-state index contributed by atoms with van der Waals surface area (Å²) < 4.78 is 0.392. The molecule has 2 rings (SSSR count). The Kier molecular flexibility index (Phi) is 1.40. The van der Waals surface area contributed by atoms with Crippen LogP contribution in [0.3, 0.4) is 0 Å². The number of carbonyl (C=O) groups excluding carboxylic acids is 1. The topological polar surface area (TPSA) is 40.4 Å². The lowest BCUT2D eigenvalue weighted by molar-refractivity contribution is -0.434. The molecule has 60 valence electrons. The molecule has 0 spiro atoms. The Hall–Kier alpha value is -1.71. The summed E-state index contributed by atoms with van der Waals surface area (Å²) in [6, 6.07) is 0. The Morgan fingerprint density at radius 2 is 2.33 bits per heavy atom. The zero-order valence-electron chi connectivity index (χ0n) is 6.30. The maximum Gasteiger partial charge on any atom is 0.382 e. The number of nitrogens with zero attached hydrogens (tertiary/aromatic N) is 2. The van der Waals surface area contributed by atoms with E-state index >= 15 is 0 Å². The highest BCUT2D eigenvalue weighted by Crippen LogP contribution is 2.15. The fourth-order valence-corrected chi connectivity index (χ4v) is 1.17. The summed E-state index contributed by atoms with van der Waals surface area (Å²) in [5.74, 6) is -0.127. The molecule has 12 heavy (non-hydrogen) atoms. The summed E-state index contributed by atoms with van der Waals surface area (Å²) >= 11 is 0. The standard InChI is InChI=1S/C8H7N2O2/c11-8-4-6-9-5-2-1-3-7(9)10(8)12/h1-4,6H,5H2/q+1. The number of hydrogen-bond acceptors (Lipinski definition) is 3. The molecule has 0 atom stereocenters. The third-order valence-electron chi connectivity index (χ3n) is 1.78. The van der Waals surface area contributed by atoms with Gasteiger partial charge in [0.15, 0.2) is 0 Å². The van der Waals surface area contributed by atoms with Gasteiger partial charge >= 0.3 is 11.7 Å². The van der Waals surface area contributed by atoms with Crippen molar-refractivity contribution in [2.45, 2.75) is 0 Å². The highest BCUT2D eigenvalue weighted by Gasteiger charge is 2.32. The van der Waals surface area contributed by atoms with E-state index in [2.05, 4.69) is 0 Å². The van der Waals surface area contributed by atoms with Crippen molar-refractivity contribution in [3.63, 3.8) is 0 Å². The third-order valence-corrected chi connectivity index (χ3v) is 1.78. The molecule has 0 unspecified atom stereocenters. The second kappa shape index (κ2) is 2.41. The normalized spacial score (nSPS) is 21.0. The van der Waals surface area contributed by atoms with Gasteiger partial charge in [0.05, 0.1) is 17.0 Å². The molecular formula is C8H7N2O2+. The van der Waals surface area contributed by atoms with E-state index in [1.165, 1.54) is 6.08 Å². The van der Waals surface area contributed by atoms with Crippen molar-refractivity contribution in [2.75, 3.05) is 6.54 Å². The van der Waals surface area contributed by atoms with Gasteiger partial charge in [-0.05, 0) is 6.08 Å². The second-order valence-corrected chi connectivity index (χ2v) is 2.55.